The molecule has 0 spiro atoms. The van der Waals surface area contributed by atoms with Crippen molar-refractivity contribution in [3.63, 3.8) is 0 Å². The van der Waals surface area contributed by atoms with Gasteiger partial charge in [-0.05, 0) is 54.0 Å². The Morgan fingerprint density at radius 1 is 1.11 bits per heavy atom. The minimum Gasteiger partial charge on any atom is -0.385 e. The van der Waals surface area contributed by atoms with Crippen molar-refractivity contribution in [1.29, 1.82) is 0 Å². The maximum absolute atomic E-state index is 13.7. The van der Waals surface area contributed by atoms with Crippen LogP contribution in [0.25, 0.3) is 6.08 Å². The maximum Gasteiger partial charge on any atom is 0.247 e. The number of hydrogen-bond donors (Lipinski definition) is 0. The van der Waals surface area contributed by atoms with Gasteiger partial charge in [-0.15, -0.1) is 11.3 Å². The monoisotopic (exact) mass is 488 g/mol. The average molecular weight is 489 g/mol. The summed E-state index contributed by atoms with van der Waals surface area (Å²) in [6.07, 6.45) is 4.86. The number of hydrogen-bond acceptors (Lipinski definition) is 4. The molecule has 0 bridgehead atoms. The third kappa shape index (κ3) is 6.27. The van der Waals surface area contributed by atoms with E-state index in [1.54, 1.807) is 35.5 Å². The summed E-state index contributed by atoms with van der Waals surface area (Å²) in [6, 6.07) is 20.1. The lowest BCUT2D eigenvalue weighted by molar-refractivity contribution is -0.139. The molecule has 3 aromatic rings. The zero-order chi connectivity index (χ0) is 24.6. The molecular formula is C29H32N2O3S. The molecule has 2 amide bonds. The molecule has 1 unspecified atom stereocenters. The van der Waals surface area contributed by atoms with Gasteiger partial charge in [0.25, 0.3) is 0 Å². The number of benzene rings is 2. The number of rotatable bonds is 9. The summed E-state index contributed by atoms with van der Waals surface area (Å²) in [5.74, 6) is -0.204. The summed E-state index contributed by atoms with van der Waals surface area (Å²) >= 11 is 1.75. The molecule has 1 aliphatic rings. The molecular weight excluding hydrogens is 456 g/mol. The number of fused-ring (bicyclic) bond motifs is 1. The second-order valence-corrected chi connectivity index (χ2v) is 9.80. The van der Waals surface area contributed by atoms with Gasteiger partial charge in [0.1, 0.15) is 6.54 Å². The molecule has 182 valence electrons. The summed E-state index contributed by atoms with van der Waals surface area (Å²) in [5, 5.41) is 2.11. The number of nitrogens with zero attached hydrogens (tertiary/aromatic N) is 2. The van der Waals surface area contributed by atoms with Gasteiger partial charge in [0.2, 0.25) is 11.8 Å². The molecule has 1 atom stereocenters. The highest BCUT2D eigenvalue weighted by Gasteiger charge is 2.33. The Bertz CT molecular complexity index is 1150. The number of thiophene rings is 1. The number of methoxy groups -OCH3 is 1. The van der Waals surface area contributed by atoms with E-state index in [-0.39, 0.29) is 24.4 Å². The first-order valence-corrected chi connectivity index (χ1v) is 12.9. The molecule has 1 aromatic heterocycles. The Morgan fingerprint density at radius 3 is 2.63 bits per heavy atom. The summed E-state index contributed by atoms with van der Waals surface area (Å²) in [7, 11) is 1.64. The van der Waals surface area contributed by atoms with Crippen molar-refractivity contribution >= 4 is 29.2 Å². The van der Waals surface area contributed by atoms with E-state index >= 15 is 0 Å². The highest BCUT2D eigenvalue weighted by Crippen LogP contribution is 2.38. The van der Waals surface area contributed by atoms with Gasteiger partial charge in [-0.3, -0.25) is 9.59 Å². The largest absolute Gasteiger partial charge is 0.385 e. The smallest absolute Gasteiger partial charge is 0.247 e. The summed E-state index contributed by atoms with van der Waals surface area (Å²) in [6.45, 7) is 3.75. The fourth-order valence-corrected chi connectivity index (χ4v) is 5.36. The summed E-state index contributed by atoms with van der Waals surface area (Å²) < 4.78 is 5.19. The highest BCUT2D eigenvalue weighted by atomic mass is 32.1. The van der Waals surface area contributed by atoms with Crippen molar-refractivity contribution in [2.24, 2.45) is 0 Å². The topological polar surface area (TPSA) is 49.9 Å². The molecule has 0 aliphatic carbocycles. The molecule has 35 heavy (non-hydrogen) atoms. The summed E-state index contributed by atoms with van der Waals surface area (Å²) in [5.41, 5.74) is 4.43. The Morgan fingerprint density at radius 2 is 1.89 bits per heavy atom. The fourth-order valence-electron chi connectivity index (χ4n) is 4.45. The number of carbonyl (C=O) groups is 2. The van der Waals surface area contributed by atoms with E-state index in [1.165, 1.54) is 16.0 Å². The van der Waals surface area contributed by atoms with Gasteiger partial charge in [0.05, 0.1) is 6.04 Å². The van der Waals surface area contributed by atoms with Gasteiger partial charge in [-0.1, -0.05) is 60.2 Å². The van der Waals surface area contributed by atoms with Crippen molar-refractivity contribution < 1.29 is 14.3 Å². The van der Waals surface area contributed by atoms with Gasteiger partial charge in [-0.25, -0.2) is 0 Å². The van der Waals surface area contributed by atoms with Gasteiger partial charge in [-0.2, -0.15) is 0 Å². The molecule has 2 heterocycles. The normalized spacial score (nSPS) is 15.3. The predicted molar refractivity (Wildman–Crippen MR) is 141 cm³/mol. The molecule has 0 saturated heterocycles. The lowest BCUT2D eigenvalue weighted by atomic mass is 9.92. The van der Waals surface area contributed by atoms with Crippen molar-refractivity contribution in [1.82, 2.24) is 9.80 Å². The molecule has 5 nitrogen and oxygen atoms in total. The maximum atomic E-state index is 13.7. The van der Waals surface area contributed by atoms with Crippen LogP contribution in [-0.4, -0.2) is 55.0 Å². The zero-order valence-corrected chi connectivity index (χ0v) is 21.2. The van der Waals surface area contributed by atoms with Crippen LogP contribution in [0.3, 0.4) is 0 Å². The minimum absolute atomic E-state index is 0.0358. The van der Waals surface area contributed by atoms with E-state index in [2.05, 4.69) is 42.6 Å². The van der Waals surface area contributed by atoms with Crippen LogP contribution in [-0.2, 0) is 20.7 Å². The third-order valence-corrected chi connectivity index (χ3v) is 7.31. The van der Waals surface area contributed by atoms with Gasteiger partial charge < -0.3 is 14.5 Å². The molecule has 0 N–H and O–H groups in total. The van der Waals surface area contributed by atoms with Crippen molar-refractivity contribution in [2.75, 3.05) is 33.4 Å². The van der Waals surface area contributed by atoms with Crippen LogP contribution >= 0.6 is 11.3 Å². The predicted octanol–water partition coefficient (Wildman–Crippen LogP) is 5.11. The quantitative estimate of drug-likeness (QED) is 0.311. The zero-order valence-electron chi connectivity index (χ0n) is 20.4. The van der Waals surface area contributed by atoms with Crippen LogP contribution in [0.4, 0.5) is 0 Å². The molecule has 0 saturated carbocycles. The van der Waals surface area contributed by atoms with E-state index in [0.29, 0.717) is 26.1 Å². The van der Waals surface area contributed by atoms with Gasteiger partial charge >= 0.3 is 0 Å². The lowest BCUT2D eigenvalue weighted by Crippen LogP contribution is -2.46. The van der Waals surface area contributed by atoms with E-state index in [9.17, 15) is 9.59 Å². The Kier molecular flexibility index (Phi) is 8.50. The van der Waals surface area contributed by atoms with Crippen LogP contribution in [0.1, 0.15) is 39.6 Å². The number of aryl methyl sites for hydroxylation is 1. The number of ether oxygens (including phenoxy) is 1. The first-order chi connectivity index (χ1) is 17.1. The van der Waals surface area contributed by atoms with E-state index in [4.69, 9.17) is 4.74 Å². The molecule has 1 aliphatic heterocycles. The van der Waals surface area contributed by atoms with Crippen LogP contribution in [0.5, 0.6) is 0 Å². The van der Waals surface area contributed by atoms with Gasteiger partial charge in [0.15, 0.2) is 0 Å². The van der Waals surface area contributed by atoms with E-state index in [1.807, 2.05) is 35.2 Å². The first kappa shape index (κ1) is 24.9. The standard InChI is InChI=1S/C29H32N2O3S/c1-22-9-12-24(13-10-22)29-25-16-20-35-26(25)15-18-31(29)28(33)21-30(17-6-19-34-2)27(32)14-11-23-7-4-3-5-8-23/h3-5,7-14,16,20,29H,6,15,17-19,21H2,1-2H3. The summed E-state index contributed by atoms with van der Waals surface area (Å²) in [4.78, 5) is 31.7. The lowest BCUT2D eigenvalue weighted by Gasteiger charge is -2.37. The SMILES string of the molecule is COCCCN(CC(=O)N1CCc2sccc2C1c1ccc(C)cc1)C(=O)C=Cc1ccccc1. The highest BCUT2D eigenvalue weighted by molar-refractivity contribution is 7.10. The number of amides is 2. The van der Waals surface area contributed by atoms with Crippen LogP contribution in [0.2, 0.25) is 0 Å². The van der Waals surface area contributed by atoms with Crippen LogP contribution < -0.4 is 0 Å². The van der Waals surface area contributed by atoms with Crippen LogP contribution in [0, 0.1) is 6.92 Å². The fraction of sp³-hybridized carbons (Fsp3) is 0.310. The average Bonchev–Trinajstić information content (AvgIpc) is 3.36. The Balaban J connectivity index is 1.55. The van der Waals surface area contributed by atoms with Gasteiger partial charge in [0, 0.05) is 37.8 Å². The second kappa shape index (κ2) is 12.0. The van der Waals surface area contributed by atoms with E-state index in [0.717, 1.165) is 17.5 Å². The minimum atomic E-state index is -0.168. The first-order valence-electron chi connectivity index (χ1n) is 12.0. The molecule has 6 heteroatoms. The number of carbonyl (C=O) groups excluding carboxylic acids is 2. The van der Waals surface area contributed by atoms with Crippen LogP contribution in [0.15, 0.2) is 72.1 Å². The molecule has 4 rings (SSSR count). The van der Waals surface area contributed by atoms with Crippen molar-refractivity contribution in [3.05, 3.63) is 99.3 Å². The Hall–Kier alpha value is -3.22. The van der Waals surface area contributed by atoms with E-state index < -0.39 is 0 Å². The Labute approximate surface area is 211 Å². The second-order valence-electron chi connectivity index (χ2n) is 8.80. The molecule has 0 fully saturated rings. The third-order valence-electron chi connectivity index (χ3n) is 6.31. The molecule has 0 radical (unpaired) electrons. The van der Waals surface area contributed by atoms with Crippen molar-refractivity contribution in [2.45, 2.75) is 25.8 Å². The molecule has 2 aromatic carbocycles. The van der Waals surface area contributed by atoms with Crippen molar-refractivity contribution in [3.8, 4) is 0 Å².